The molecule has 210 valence electrons. The van der Waals surface area contributed by atoms with Gasteiger partial charge in [0.25, 0.3) is 0 Å². The minimum Gasteiger partial charge on any atom is -0.481 e. The van der Waals surface area contributed by atoms with E-state index in [-0.39, 0.29) is 39.5 Å². The Morgan fingerprint density at radius 1 is 0.919 bits per heavy atom. The van der Waals surface area contributed by atoms with Gasteiger partial charge in [0.15, 0.2) is 6.29 Å². The number of ether oxygens (including phenoxy) is 2. The summed E-state index contributed by atoms with van der Waals surface area (Å²) in [5, 5.41) is 21.5. The van der Waals surface area contributed by atoms with Crippen LogP contribution in [0.2, 0.25) is 0 Å². The lowest BCUT2D eigenvalue weighted by Crippen LogP contribution is -2.69. The van der Waals surface area contributed by atoms with Gasteiger partial charge in [0.1, 0.15) is 0 Å². The van der Waals surface area contributed by atoms with Gasteiger partial charge in [-0.2, -0.15) is 0 Å². The smallest absolute Gasteiger partial charge is 0.309 e. The largest absolute Gasteiger partial charge is 0.481 e. The Morgan fingerprint density at radius 2 is 1.57 bits per heavy atom. The fourth-order valence-electron chi connectivity index (χ4n) is 12.3. The quantitative estimate of drug-likeness (QED) is 0.438. The Labute approximate surface area is 224 Å². The van der Waals surface area contributed by atoms with Crippen molar-refractivity contribution in [3.63, 3.8) is 0 Å². The van der Waals surface area contributed by atoms with Crippen molar-refractivity contribution in [3.8, 4) is 0 Å². The first-order valence-corrected chi connectivity index (χ1v) is 15.4. The van der Waals surface area contributed by atoms with Gasteiger partial charge in [-0.1, -0.05) is 34.6 Å². The number of aliphatic carboxylic acids is 1. The summed E-state index contributed by atoms with van der Waals surface area (Å²) in [5.41, 5.74) is 0.0773. The van der Waals surface area contributed by atoms with Gasteiger partial charge in [0.2, 0.25) is 0 Å². The van der Waals surface area contributed by atoms with E-state index in [0.717, 1.165) is 44.9 Å². The van der Waals surface area contributed by atoms with Gasteiger partial charge in [-0.15, -0.1) is 0 Å². The van der Waals surface area contributed by atoms with Crippen molar-refractivity contribution in [1.82, 2.24) is 0 Å². The molecule has 0 aromatic heterocycles. The van der Waals surface area contributed by atoms with Crippen LogP contribution in [-0.4, -0.2) is 41.3 Å². The summed E-state index contributed by atoms with van der Waals surface area (Å²) in [7, 11) is 0. The van der Waals surface area contributed by atoms with E-state index >= 15 is 0 Å². The average Bonchev–Trinajstić information content (AvgIpc) is 3.02. The SMILES string of the molecule is CCO[C@@H]1O[C@H]2[C@H](O)C[C@H]3[C@]4(C)CC[C@@]5(C)[C@H]6C[C@](C)(C(=O)O)CC[C@]6(C)CC[C@]5(C)[C@@H]4CC[C@@]13[C@H]2C. The highest BCUT2D eigenvalue weighted by molar-refractivity contribution is 5.74. The average molecular weight is 517 g/mol. The molecule has 5 aliphatic carbocycles. The molecular formula is C32H52O5. The molecule has 0 aromatic carbocycles. The number of carbonyl (C=O) groups is 1. The van der Waals surface area contributed by atoms with Crippen molar-refractivity contribution in [1.29, 1.82) is 0 Å². The van der Waals surface area contributed by atoms with Crippen LogP contribution >= 0.6 is 0 Å². The van der Waals surface area contributed by atoms with E-state index in [2.05, 4.69) is 41.5 Å². The number of aliphatic hydroxyl groups excluding tert-OH is 1. The number of rotatable bonds is 3. The van der Waals surface area contributed by atoms with Crippen molar-refractivity contribution in [2.75, 3.05) is 6.61 Å². The van der Waals surface area contributed by atoms with Gasteiger partial charge in [-0.05, 0) is 123 Å². The first-order chi connectivity index (χ1) is 17.2. The Hall–Kier alpha value is -0.650. The summed E-state index contributed by atoms with van der Waals surface area (Å²) < 4.78 is 12.8. The third-order valence-corrected chi connectivity index (χ3v) is 14.8. The van der Waals surface area contributed by atoms with E-state index in [1.807, 2.05) is 6.92 Å². The first kappa shape index (κ1) is 26.6. The highest BCUT2D eigenvalue weighted by atomic mass is 16.7. The van der Waals surface area contributed by atoms with Crippen LogP contribution in [-0.2, 0) is 14.3 Å². The maximum Gasteiger partial charge on any atom is 0.309 e. The molecule has 5 heteroatoms. The van der Waals surface area contributed by atoms with E-state index in [4.69, 9.17) is 9.47 Å². The summed E-state index contributed by atoms with van der Waals surface area (Å²) in [6.07, 6.45) is 9.86. The van der Waals surface area contributed by atoms with E-state index in [1.165, 1.54) is 19.3 Å². The molecule has 5 nitrogen and oxygen atoms in total. The monoisotopic (exact) mass is 516 g/mol. The van der Waals surface area contributed by atoms with E-state index in [9.17, 15) is 15.0 Å². The van der Waals surface area contributed by atoms with Crippen LogP contribution in [0.1, 0.15) is 113 Å². The summed E-state index contributed by atoms with van der Waals surface area (Å²) in [6, 6.07) is 0. The van der Waals surface area contributed by atoms with E-state index < -0.39 is 17.5 Å². The molecule has 2 N–H and O–H groups in total. The van der Waals surface area contributed by atoms with Gasteiger partial charge in [-0.25, -0.2) is 0 Å². The molecule has 6 rings (SSSR count). The van der Waals surface area contributed by atoms with Crippen molar-refractivity contribution in [3.05, 3.63) is 0 Å². The molecular weight excluding hydrogens is 464 g/mol. The Bertz CT molecular complexity index is 967. The minimum absolute atomic E-state index is 0.00877. The van der Waals surface area contributed by atoms with Crippen LogP contribution in [0.5, 0.6) is 0 Å². The summed E-state index contributed by atoms with van der Waals surface area (Å²) in [6.45, 7) is 17.2. The molecule has 5 saturated carbocycles. The minimum atomic E-state index is -0.605. The van der Waals surface area contributed by atoms with Gasteiger partial charge in [0, 0.05) is 12.0 Å². The zero-order valence-electron chi connectivity index (χ0n) is 24.4. The number of hydrogen-bond acceptors (Lipinski definition) is 4. The fraction of sp³-hybridized carbons (Fsp3) is 0.969. The summed E-state index contributed by atoms with van der Waals surface area (Å²) >= 11 is 0. The van der Waals surface area contributed by atoms with Crippen LogP contribution in [0.3, 0.4) is 0 Å². The summed E-state index contributed by atoms with van der Waals surface area (Å²) in [5.74, 6) is 1.12. The predicted molar refractivity (Wildman–Crippen MR) is 143 cm³/mol. The van der Waals surface area contributed by atoms with Crippen LogP contribution in [0.25, 0.3) is 0 Å². The molecule has 2 bridgehead atoms. The lowest BCUT2D eigenvalue weighted by molar-refractivity contribution is -0.276. The Morgan fingerprint density at radius 3 is 2.24 bits per heavy atom. The third kappa shape index (κ3) is 3.06. The molecule has 1 spiro atoms. The third-order valence-electron chi connectivity index (χ3n) is 14.8. The molecule has 0 radical (unpaired) electrons. The highest BCUT2D eigenvalue weighted by Crippen LogP contribution is 2.79. The fourth-order valence-corrected chi connectivity index (χ4v) is 12.3. The number of carboxylic acid groups (broad SMARTS) is 1. The number of aliphatic hydroxyl groups is 1. The molecule has 6 fully saturated rings. The predicted octanol–water partition coefficient (Wildman–Crippen LogP) is 6.66. The topological polar surface area (TPSA) is 76.0 Å². The van der Waals surface area contributed by atoms with E-state index in [1.54, 1.807) is 0 Å². The number of fused-ring (bicyclic) bond motifs is 7. The standard InChI is InChI=1S/C32H52O5/c1-8-36-26-32-10-9-21-29(5,22(32)17-20(33)24(37-26)19(32)2)14-16-31(7)23-18-28(4,25(34)35)12-11-27(23,3)13-15-30(21,31)6/h19-24,26,33H,8-18H2,1-7H3,(H,34,35)/t19-,20+,21+,22-,23-,24+,26+,27+,28+,29+,30+,31-,32-/m0/s1. The van der Waals surface area contributed by atoms with Crippen LogP contribution in [0.15, 0.2) is 0 Å². The van der Waals surface area contributed by atoms with Crippen LogP contribution < -0.4 is 0 Å². The van der Waals surface area contributed by atoms with Gasteiger partial charge in [-0.3, -0.25) is 4.79 Å². The van der Waals surface area contributed by atoms with Crippen molar-refractivity contribution < 1.29 is 24.5 Å². The molecule has 0 amide bonds. The normalized spacial score (nSPS) is 60.6. The lowest BCUT2D eigenvalue weighted by atomic mass is 9.30. The van der Waals surface area contributed by atoms with E-state index in [0.29, 0.717) is 30.3 Å². The maximum atomic E-state index is 12.4. The Balaban J connectivity index is 1.40. The molecule has 0 aromatic rings. The zero-order chi connectivity index (χ0) is 26.8. The second kappa shape index (κ2) is 7.97. The van der Waals surface area contributed by atoms with Gasteiger partial charge < -0.3 is 19.7 Å². The van der Waals surface area contributed by atoms with Crippen molar-refractivity contribution in [2.24, 2.45) is 56.2 Å². The lowest BCUT2D eigenvalue weighted by Gasteiger charge is -2.74. The molecule has 13 atom stereocenters. The Kier molecular flexibility index (Phi) is 5.72. The molecule has 1 heterocycles. The second-order valence-electron chi connectivity index (χ2n) is 15.9. The molecule has 0 unspecified atom stereocenters. The maximum absolute atomic E-state index is 12.4. The first-order valence-electron chi connectivity index (χ1n) is 15.4. The van der Waals surface area contributed by atoms with Crippen LogP contribution in [0, 0.1) is 56.2 Å². The highest BCUT2D eigenvalue weighted by Gasteiger charge is 2.75. The zero-order valence-corrected chi connectivity index (χ0v) is 24.4. The number of hydrogen-bond donors (Lipinski definition) is 2. The molecule has 1 aliphatic heterocycles. The summed E-state index contributed by atoms with van der Waals surface area (Å²) in [4.78, 5) is 12.4. The van der Waals surface area contributed by atoms with Crippen LogP contribution in [0.4, 0.5) is 0 Å². The molecule has 37 heavy (non-hydrogen) atoms. The van der Waals surface area contributed by atoms with Gasteiger partial charge in [0.05, 0.1) is 17.6 Å². The van der Waals surface area contributed by atoms with Gasteiger partial charge >= 0.3 is 5.97 Å². The molecule has 6 aliphatic rings. The second-order valence-corrected chi connectivity index (χ2v) is 15.9. The van der Waals surface area contributed by atoms with Crippen molar-refractivity contribution in [2.45, 2.75) is 131 Å². The molecule has 1 saturated heterocycles. The van der Waals surface area contributed by atoms with Crippen molar-refractivity contribution >= 4 is 5.97 Å². The number of carboxylic acids is 1.